The highest BCUT2D eigenvalue weighted by molar-refractivity contribution is 6.07. The molecule has 7 heteroatoms. The topological polar surface area (TPSA) is 108 Å². The van der Waals surface area contributed by atoms with Crippen LogP contribution in [0, 0.1) is 16.7 Å². The van der Waals surface area contributed by atoms with Crippen molar-refractivity contribution in [2.75, 3.05) is 5.32 Å². The Labute approximate surface area is 110 Å². The Morgan fingerprint density at radius 2 is 2.16 bits per heavy atom. The minimum Gasteiger partial charge on any atom is -0.480 e. The summed E-state index contributed by atoms with van der Waals surface area (Å²) in [6.45, 7) is 3.39. The second kappa shape index (κ2) is 6.00. The van der Waals surface area contributed by atoms with Gasteiger partial charge in [0.25, 0.3) is 0 Å². The predicted molar refractivity (Wildman–Crippen MR) is 67.1 cm³/mol. The van der Waals surface area contributed by atoms with E-state index in [1.54, 1.807) is 20.0 Å². The van der Waals surface area contributed by atoms with E-state index < -0.39 is 17.3 Å². The van der Waals surface area contributed by atoms with Crippen LogP contribution in [-0.2, 0) is 16.1 Å². The summed E-state index contributed by atoms with van der Waals surface area (Å²) < 4.78 is 1.36. The number of carbonyl (C=O) groups is 2. The molecule has 0 spiro atoms. The van der Waals surface area contributed by atoms with Crippen LogP contribution in [0.1, 0.15) is 26.7 Å². The maximum atomic E-state index is 12.1. The molecule has 0 bridgehead atoms. The number of nitrogens with zero attached hydrogens (tertiary/aromatic N) is 3. The normalized spacial score (nSPS) is 10.8. The molecule has 0 aliphatic carbocycles. The first-order chi connectivity index (χ1) is 9.00. The fourth-order valence-electron chi connectivity index (χ4n) is 1.80. The molecule has 0 radical (unpaired) electrons. The number of carboxylic acids is 1. The molecule has 0 saturated carbocycles. The van der Waals surface area contributed by atoms with E-state index >= 15 is 0 Å². The molecule has 0 aliphatic heterocycles. The summed E-state index contributed by atoms with van der Waals surface area (Å²) >= 11 is 0. The van der Waals surface area contributed by atoms with Gasteiger partial charge in [-0.3, -0.25) is 14.3 Å². The lowest BCUT2D eigenvalue weighted by atomic mass is 9.81. The molecule has 7 nitrogen and oxygen atoms in total. The molecular weight excluding hydrogens is 248 g/mol. The molecule has 0 aliphatic rings. The second-order valence-corrected chi connectivity index (χ2v) is 4.11. The van der Waals surface area contributed by atoms with Crippen molar-refractivity contribution in [3.8, 4) is 6.07 Å². The van der Waals surface area contributed by atoms with Crippen LogP contribution in [0.4, 0.5) is 5.82 Å². The van der Waals surface area contributed by atoms with E-state index in [1.807, 2.05) is 6.07 Å². The molecule has 1 aromatic heterocycles. The Balaban J connectivity index is 2.88. The lowest BCUT2D eigenvalue weighted by molar-refractivity contribution is -0.154. The van der Waals surface area contributed by atoms with Crippen molar-refractivity contribution in [2.45, 2.75) is 33.2 Å². The molecule has 19 heavy (non-hydrogen) atoms. The van der Waals surface area contributed by atoms with Crippen molar-refractivity contribution in [1.82, 2.24) is 9.78 Å². The largest absolute Gasteiger partial charge is 0.480 e. The van der Waals surface area contributed by atoms with Crippen LogP contribution in [0.15, 0.2) is 12.3 Å². The number of nitriles is 1. The zero-order valence-electron chi connectivity index (χ0n) is 10.9. The van der Waals surface area contributed by atoms with Crippen LogP contribution in [0.25, 0.3) is 0 Å². The summed E-state index contributed by atoms with van der Waals surface area (Å²) in [5.41, 5.74) is -1.45. The highest BCUT2D eigenvalue weighted by Gasteiger charge is 2.43. The minimum atomic E-state index is -1.45. The van der Waals surface area contributed by atoms with Gasteiger partial charge in [0.2, 0.25) is 5.91 Å². The fraction of sp³-hybridized carbons (Fsp3) is 0.500. The van der Waals surface area contributed by atoms with Crippen LogP contribution < -0.4 is 5.32 Å². The van der Waals surface area contributed by atoms with Gasteiger partial charge in [-0.25, -0.2) is 0 Å². The number of aromatic nitrogens is 2. The summed E-state index contributed by atoms with van der Waals surface area (Å²) in [6.07, 6.45) is 1.94. The number of hydrogen-bond acceptors (Lipinski definition) is 4. The number of carbonyl (C=O) groups excluding carboxylic acids is 1. The molecule has 0 atom stereocenters. The van der Waals surface area contributed by atoms with E-state index in [2.05, 4.69) is 10.4 Å². The molecular formula is C12H16N4O3. The third kappa shape index (κ3) is 2.91. The van der Waals surface area contributed by atoms with Gasteiger partial charge in [-0.05, 0) is 12.8 Å². The number of carboxylic acid groups (broad SMARTS) is 1. The maximum absolute atomic E-state index is 12.1. The number of rotatable bonds is 6. The van der Waals surface area contributed by atoms with E-state index in [9.17, 15) is 14.7 Å². The van der Waals surface area contributed by atoms with E-state index in [4.69, 9.17) is 5.26 Å². The van der Waals surface area contributed by atoms with Crippen LogP contribution in [0.2, 0.25) is 0 Å². The summed E-state index contributed by atoms with van der Waals surface area (Å²) in [7, 11) is 0. The van der Waals surface area contributed by atoms with Gasteiger partial charge >= 0.3 is 5.97 Å². The smallest absolute Gasteiger partial charge is 0.319 e. The highest BCUT2D eigenvalue weighted by atomic mass is 16.4. The summed E-state index contributed by atoms with van der Waals surface area (Å²) in [6, 6.07) is 3.44. The molecule has 2 N–H and O–H groups in total. The van der Waals surface area contributed by atoms with Crippen LogP contribution in [-0.4, -0.2) is 26.8 Å². The number of aliphatic carboxylic acids is 1. The Bertz CT molecular complexity index is 511. The van der Waals surface area contributed by atoms with Crippen molar-refractivity contribution in [3.05, 3.63) is 12.3 Å². The van der Waals surface area contributed by atoms with Crippen molar-refractivity contribution < 1.29 is 14.7 Å². The van der Waals surface area contributed by atoms with Crippen LogP contribution in [0.5, 0.6) is 0 Å². The average Bonchev–Trinajstić information content (AvgIpc) is 2.79. The van der Waals surface area contributed by atoms with Gasteiger partial charge in [-0.2, -0.15) is 10.4 Å². The van der Waals surface area contributed by atoms with Gasteiger partial charge in [-0.15, -0.1) is 0 Å². The van der Waals surface area contributed by atoms with E-state index in [0.29, 0.717) is 0 Å². The van der Waals surface area contributed by atoms with Gasteiger partial charge in [0.15, 0.2) is 5.82 Å². The number of nitrogens with one attached hydrogen (secondary N) is 1. The lowest BCUT2D eigenvalue weighted by Gasteiger charge is -2.24. The van der Waals surface area contributed by atoms with Gasteiger partial charge < -0.3 is 10.4 Å². The molecule has 1 aromatic rings. The Morgan fingerprint density at radius 1 is 1.53 bits per heavy atom. The third-order valence-electron chi connectivity index (χ3n) is 3.17. The molecule has 0 saturated heterocycles. The van der Waals surface area contributed by atoms with E-state index in [-0.39, 0.29) is 25.2 Å². The molecule has 0 aromatic carbocycles. The van der Waals surface area contributed by atoms with Crippen LogP contribution in [0.3, 0.4) is 0 Å². The Kier molecular flexibility index (Phi) is 4.64. The summed E-state index contributed by atoms with van der Waals surface area (Å²) in [5.74, 6) is -1.49. The third-order valence-corrected chi connectivity index (χ3v) is 3.17. The molecule has 1 heterocycles. The highest BCUT2D eigenvalue weighted by Crippen LogP contribution is 2.28. The second-order valence-electron chi connectivity index (χ2n) is 4.11. The van der Waals surface area contributed by atoms with Crippen LogP contribution >= 0.6 is 0 Å². The van der Waals surface area contributed by atoms with Gasteiger partial charge in [-0.1, -0.05) is 13.8 Å². The first-order valence-corrected chi connectivity index (χ1v) is 5.95. The van der Waals surface area contributed by atoms with Gasteiger partial charge in [0, 0.05) is 12.3 Å². The summed E-state index contributed by atoms with van der Waals surface area (Å²) in [5, 5.41) is 24.2. The molecule has 1 amide bonds. The zero-order chi connectivity index (χ0) is 14.5. The average molecular weight is 264 g/mol. The Hall–Kier alpha value is -2.36. The number of anilines is 1. The van der Waals surface area contributed by atoms with E-state index in [1.165, 1.54) is 10.7 Å². The molecule has 0 unspecified atom stereocenters. The predicted octanol–water partition coefficient (Wildman–Crippen LogP) is 1.24. The molecule has 1 rings (SSSR count). The standard InChI is InChI=1S/C12H16N4O3/c1-3-12(4-2,11(18)19)10(17)14-9-5-7-16(15-9)8-6-13/h5,7H,3-4,8H2,1-2H3,(H,18,19)(H,14,15,17). The molecule has 102 valence electrons. The first kappa shape index (κ1) is 14.7. The first-order valence-electron chi connectivity index (χ1n) is 5.95. The zero-order valence-corrected chi connectivity index (χ0v) is 10.9. The monoisotopic (exact) mass is 264 g/mol. The SMILES string of the molecule is CCC(CC)(C(=O)O)C(=O)Nc1ccn(CC#N)n1. The molecule has 0 fully saturated rings. The fourth-order valence-corrected chi connectivity index (χ4v) is 1.80. The number of amides is 1. The number of hydrogen-bond donors (Lipinski definition) is 2. The Morgan fingerprint density at radius 3 is 2.63 bits per heavy atom. The van der Waals surface area contributed by atoms with Gasteiger partial charge in [0.05, 0.1) is 6.07 Å². The maximum Gasteiger partial charge on any atom is 0.319 e. The quantitative estimate of drug-likeness (QED) is 0.751. The van der Waals surface area contributed by atoms with Crippen molar-refractivity contribution in [2.24, 2.45) is 5.41 Å². The van der Waals surface area contributed by atoms with Crippen molar-refractivity contribution >= 4 is 17.7 Å². The minimum absolute atomic E-state index is 0.0709. The lowest BCUT2D eigenvalue weighted by Crippen LogP contribution is -2.42. The van der Waals surface area contributed by atoms with Crippen molar-refractivity contribution in [1.29, 1.82) is 5.26 Å². The summed E-state index contributed by atoms with van der Waals surface area (Å²) in [4.78, 5) is 23.4. The van der Waals surface area contributed by atoms with Crippen molar-refractivity contribution in [3.63, 3.8) is 0 Å². The van der Waals surface area contributed by atoms with Gasteiger partial charge in [0.1, 0.15) is 12.0 Å². The van der Waals surface area contributed by atoms with E-state index in [0.717, 1.165) is 0 Å².